The van der Waals surface area contributed by atoms with Crippen LogP contribution in [0.1, 0.15) is 0 Å². The number of hydrogen-bond donors (Lipinski definition) is 1. The SMILES string of the molecule is CN1CC(=O)C=C(N)C1=O. The second-order valence-corrected chi connectivity index (χ2v) is 2.23. The van der Waals surface area contributed by atoms with Crippen LogP contribution in [0.3, 0.4) is 0 Å². The van der Waals surface area contributed by atoms with Gasteiger partial charge in [-0.1, -0.05) is 0 Å². The van der Waals surface area contributed by atoms with Crippen molar-refractivity contribution in [2.75, 3.05) is 13.6 Å². The van der Waals surface area contributed by atoms with Crippen molar-refractivity contribution in [3.63, 3.8) is 0 Å². The standard InChI is InChI=1S/C6H8N2O2/c1-8-3-4(9)2-5(7)6(8)10/h2H,3,7H2,1H3. The van der Waals surface area contributed by atoms with Gasteiger partial charge in [0.1, 0.15) is 5.70 Å². The number of ketones is 1. The van der Waals surface area contributed by atoms with Crippen LogP contribution in [0, 0.1) is 0 Å². The first-order valence-electron chi connectivity index (χ1n) is 2.86. The summed E-state index contributed by atoms with van der Waals surface area (Å²) in [5.74, 6) is -0.404. The van der Waals surface area contributed by atoms with Crippen molar-refractivity contribution in [2.45, 2.75) is 0 Å². The van der Waals surface area contributed by atoms with E-state index in [4.69, 9.17) is 5.73 Å². The number of carbonyl (C=O) groups excluding carboxylic acids is 2. The van der Waals surface area contributed by atoms with Gasteiger partial charge in [-0.3, -0.25) is 9.59 Å². The summed E-state index contributed by atoms with van der Waals surface area (Å²) in [6.45, 7) is 0.138. The summed E-state index contributed by atoms with van der Waals surface area (Å²) in [5, 5.41) is 0. The average Bonchev–Trinajstić information content (AvgIpc) is 1.82. The Bertz CT molecular complexity index is 220. The van der Waals surface area contributed by atoms with Gasteiger partial charge in [-0.05, 0) is 0 Å². The molecule has 0 atom stereocenters. The van der Waals surface area contributed by atoms with E-state index in [9.17, 15) is 9.59 Å². The molecule has 4 heteroatoms. The molecule has 2 N–H and O–H groups in total. The fourth-order valence-corrected chi connectivity index (χ4v) is 0.807. The molecule has 0 unspecified atom stereocenters. The minimum Gasteiger partial charge on any atom is -0.394 e. The molecule has 0 radical (unpaired) electrons. The molecule has 0 aliphatic carbocycles. The molecule has 0 aromatic carbocycles. The number of rotatable bonds is 0. The molecule has 0 fully saturated rings. The fraction of sp³-hybridized carbons (Fsp3) is 0.333. The molecule has 0 aromatic heterocycles. The number of hydrogen-bond acceptors (Lipinski definition) is 3. The maximum atomic E-state index is 10.9. The second-order valence-electron chi connectivity index (χ2n) is 2.23. The molecule has 0 bridgehead atoms. The zero-order valence-electron chi connectivity index (χ0n) is 5.63. The van der Waals surface area contributed by atoms with Crippen molar-refractivity contribution < 1.29 is 9.59 Å². The van der Waals surface area contributed by atoms with E-state index in [2.05, 4.69) is 0 Å². The van der Waals surface area contributed by atoms with Gasteiger partial charge in [0.05, 0.1) is 6.54 Å². The van der Waals surface area contributed by atoms with Gasteiger partial charge in [0.2, 0.25) is 0 Å². The van der Waals surface area contributed by atoms with E-state index in [-0.39, 0.29) is 23.9 Å². The van der Waals surface area contributed by atoms with E-state index in [1.165, 1.54) is 11.0 Å². The fourth-order valence-electron chi connectivity index (χ4n) is 0.807. The molecule has 0 saturated carbocycles. The number of carbonyl (C=O) groups is 2. The van der Waals surface area contributed by atoms with Crippen LogP contribution in [0.5, 0.6) is 0 Å². The normalized spacial score (nSPS) is 19.3. The van der Waals surface area contributed by atoms with E-state index in [0.717, 1.165) is 0 Å². The van der Waals surface area contributed by atoms with Crippen molar-refractivity contribution in [3.8, 4) is 0 Å². The van der Waals surface area contributed by atoms with Gasteiger partial charge in [0.15, 0.2) is 5.78 Å². The van der Waals surface area contributed by atoms with Crippen LogP contribution < -0.4 is 5.73 Å². The summed E-state index contributed by atoms with van der Waals surface area (Å²) in [4.78, 5) is 22.8. The maximum Gasteiger partial charge on any atom is 0.270 e. The Balaban J connectivity index is 2.91. The third kappa shape index (κ3) is 1.00. The molecule has 1 aliphatic heterocycles. The predicted octanol–water partition coefficient (Wildman–Crippen LogP) is -1.13. The van der Waals surface area contributed by atoms with Crippen molar-refractivity contribution in [3.05, 3.63) is 11.8 Å². The van der Waals surface area contributed by atoms with Crippen molar-refractivity contribution in [2.24, 2.45) is 5.73 Å². The zero-order chi connectivity index (χ0) is 7.72. The summed E-state index contributed by atoms with van der Waals surface area (Å²) in [6.07, 6.45) is 1.17. The Hall–Kier alpha value is -1.32. The van der Waals surface area contributed by atoms with Crippen LogP contribution in [0.25, 0.3) is 0 Å². The highest BCUT2D eigenvalue weighted by Gasteiger charge is 2.19. The van der Waals surface area contributed by atoms with Gasteiger partial charge in [-0.25, -0.2) is 0 Å². The van der Waals surface area contributed by atoms with E-state index in [1.54, 1.807) is 7.05 Å². The van der Waals surface area contributed by atoms with Crippen LogP contribution in [0.2, 0.25) is 0 Å². The first kappa shape index (κ1) is 6.80. The molecule has 0 saturated heterocycles. The van der Waals surface area contributed by atoms with Crippen molar-refractivity contribution in [1.82, 2.24) is 4.90 Å². The molecule has 10 heavy (non-hydrogen) atoms. The molecule has 1 rings (SSSR count). The van der Waals surface area contributed by atoms with Crippen LogP contribution in [0.15, 0.2) is 11.8 Å². The summed E-state index contributed by atoms with van der Waals surface area (Å²) < 4.78 is 0. The Labute approximate surface area is 58.3 Å². The third-order valence-electron chi connectivity index (χ3n) is 1.30. The zero-order valence-corrected chi connectivity index (χ0v) is 5.63. The highest BCUT2D eigenvalue weighted by Crippen LogP contribution is 2.00. The highest BCUT2D eigenvalue weighted by atomic mass is 16.2. The van der Waals surface area contributed by atoms with Gasteiger partial charge in [-0.2, -0.15) is 0 Å². The molecular formula is C6H8N2O2. The minimum absolute atomic E-state index is 0.0266. The molecule has 1 aliphatic rings. The number of likely N-dealkylation sites (N-methyl/N-ethyl adjacent to an activating group) is 1. The monoisotopic (exact) mass is 140 g/mol. The quantitative estimate of drug-likeness (QED) is 0.463. The highest BCUT2D eigenvalue weighted by molar-refractivity contribution is 6.07. The van der Waals surface area contributed by atoms with Crippen LogP contribution in [0.4, 0.5) is 0 Å². The van der Waals surface area contributed by atoms with Crippen molar-refractivity contribution in [1.29, 1.82) is 0 Å². The van der Waals surface area contributed by atoms with Crippen LogP contribution in [-0.2, 0) is 9.59 Å². The third-order valence-corrected chi connectivity index (χ3v) is 1.30. The molecule has 1 amide bonds. The largest absolute Gasteiger partial charge is 0.394 e. The number of nitrogens with zero attached hydrogens (tertiary/aromatic N) is 1. The summed E-state index contributed by atoms with van der Waals surface area (Å²) >= 11 is 0. The van der Waals surface area contributed by atoms with Crippen LogP contribution >= 0.6 is 0 Å². The lowest BCUT2D eigenvalue weighted by Gasteiger charge is -2.19. The van der Waals surface area contributed by atoms with Crippen LogP contribution in [-0.4, -0.2) is 30.2 Å². The summed E-state index contributed by atoms with van der Waals surface area (Å²) in [6, 6.07) is 0. The lowest BCUT2D eigenvalue weighted by atomic mass is 10.2. The Morgan fingerprint density at radius 1 is 1.60 bits per heavy atom. The molecule has 1 heterocycles. The average molecular weight is 140 g/mol. The minimum atomic E-state index is -0.278. The predicted molar refractivity (Wildman–Crippen MR) is 34.9 cm³/mol. The lowest BCUT2D eigenvalue weighted by Crippen LogP contribution is -2.39. The Kier molecular flexibility index (Phi) is 1.45. The first-order chi connectivity index (χ1) is 4.61. The molecule has 4 nitrogen and oxygen atoms in total. The molecule has 0 spiro atoms. The number of amides is 1. The number of nitrogens with two attached hydrogens (primary N) is 1. The Morgan fingerprint density at radius 2 is 2.20 bits per heavy atom. The summed E-state index contributed by atoms with van der Waals surface area (Å²) in [5.41, 5.74) is 5.23. The van der Waals surface area contributed by atoms with E-state index >= 15 is 0 Å². The van der Waals surface area contributed by atoms with Gasteiger partial charge in [-0.15, -0.1) is 0 Å². The van der Waals surface area contributed by atoms with Gasteiger partial charge in [0.25, 0.3) is 5.91 Å². The second kappa shape index (κ2) is 2.13. The summed E-state index contributed by atoms with van der Waals surface area (Å²) in [7, 11) is 1.54. The first-order valence-corrected chi connectivity index (χ1v) is 2.86. The topological polar surface area (TPSA) is 63.4 Å². The molecule has 0 aromatic rings. The smallest absolute Gasteiger partial charge is 0.270 e. The van der Waals surface area contributed by atoms with E-state index < -0.39 is 0 Å². The Morgan fingerprint density at radius 3 is 2.70 bits per heavy atom. The van der Waals surface area contributed by atoms with Gasteiger partial charge in [0, 0.05) is 13.1 Å². The van der Waals surface area contributed by atoms with Gasteiger partial charge >= 0.3 is 0 Å². The van der Waals surface area contributed by atoms with E-state index in [0.29, 0.717) is 0 Å². The molecular weight excluding hydrogens is 132 g/mol. The maximum absolute atomic E-state index is 10.9. The lowest BCUT2D eigenvalue weighted by molar-refractivity contribution is -0.131. The molecule has 54 valence electrons. The van der Waals surface area contributed by atoms with Gasteiger partial charge < -0.3 is 10.6 Å². The van der Waals surface area contributed by atoms with E-state index in [1.807, 2.05) is 0 Å². The van der Waals surface area contributed by atoms with Crippen molar-refractivity contribution >= 4 is 11.7 Å².